The van der Waals surface area contributed by atoms with Crippen LogP contribution >= 0.6 is 39.1 Å². The molecule has 2 rings (SSSR count). The number of halogens is 3. The normalized spacial score (nSPS) is 20.5. The van der Waals surface area contributed by atoms with E-state index >= 15 is 0 Å². The number of hydrogen-bond acceptors (Lipinski definition) is 1. The molecule has 0 spiro atoms. The van der Waals surface area contributed by atoms with Gasteiger partial charge in [-0.05, 0) is 36.5 Å². The van der Waals surface area contributed by atoms with E-state index in [9.17, 15) is 4.79 Å². The molecule has 1 amide bonds. The van der Waals surface area contributed by atoms with Crippen molar-refractivity contribution in [2.45, 2.75) is 37.6 Å². The van der Waals surface area contributed by atoms with Gasteiger partial charge in [0.25, 0.3) is 0 Å². The topological polar surface area (TPSA) is 20.3 Å². The van der Waals surface area contributed by atoms with Gasteiger partial charge in [-0.15, -0.1) is 0 Å². The lowest BCUT2D eigenvalue weighted by Gasteiger charge is -2.28. The van der Waals surface area contributed by atoms with E-state index in [4.69, 9.17) is 23.2 Å². The summed E-state index contributed by atoms with van der Waals surface area (Å²) in [7, 11) is 0. The van der Waals surface area contributed by atoms with Crippen LogP contribution in [0.3, 0.4) is 0 Å². The van der Waals surface area contributed by atoms with Crippen molar-refractivity contribution in [1.29, 1.82) is 0 Å². The standard InChI is InChI=1S/C15H18BrCl2NO/c1-9(2)14(16)15(20)19-7-3-4-13(19)10-5-6-11(17)12(18)8-10/h5-6,8-9,13-14H,3-4,7H2,1-2H3. The fourth-order valence-electron chi connectivity index (χ4n) is 2.54. The second-order valence-corrected chi connectivity index (χ2v) is 7.31. The van der Waals surface area contributed by atoms with E-state index in [0.29, 0.717) is 10.0 Å². The molecule has 2 atom stereocenters. The molecular weight excluding hydrogens is 361 g/mol. The lowest BCUT2D eigenvalue weighted by Crippen LogP contribution is -2.38. The summed E-state index contributed by atoms with van der Waals surface area (Å²) in [6.45, 7) is 4.89. The second kappa shape index (κ2) is 6.67. The molecule has 20 heavy (non-hydrogen) atoms. The Morgan fingerprint density at radius 1 is 1.35 bits per heavy atom. The van der Waals surface area contributed by atoms with Gasteiger partial charge in [0, 0.05) is 6.54 Å². The van der Waals surface area contributed by atoms with E-state index in [0.717, 1.165) is 24.9 Å². The molecule has 1 aliphatic heterocycles. The zero-order chi connectivity index (χ0) is 14.9. The Kier molecular flexibility index (Phi) is 5.38. The first-order valence-electron chi connectivity index (χ1n) is 6.81. The third kappa shape index (κ3) is 3.32. The number of likely N-dealkylation sites (tertiary alicyclic amines) is 1. The highest BCUT2D eigenvalue weighted by Crippen LogP contribution is 2.36. The Morgan fingerprint density at radius 3 is 2.65 bits per heavy atom. The van der Waals surface area contributed by atoms with E-state index < -0.39 is 0 Å². The highest BCUT2D eigenvalue weighted by molar-refractivity contribution is 9.10. The lowest BCUT2D eigenvalue weighted by atomic mass is 10.0. The van der Waals surface area contributed by atoms with E-state index in [1.807, 2.05) is 30.9 Å². The summed E-state index contributed by atoms with van der Waals surface area (Å²) in [5.74, 6) is 0.436. The predicted molar refractivity (Wildman–Crippen MR) is 87.7 cm³/mol. The first kappa shape index (κ1) is 16.1. The van der Waals surface area contributed by atoms with Gasteiger partial charge in [0.05, 0.1) is 20.9 Å². The monoisotopic (exact) mass is 377 g/mol. The van der Waals surface area contributed by atoms with Gasteiger partial charge in [-0.2, -0.15) is 0 Å². The van der Waals surface area contributed by atoms with Crippen LogP contribution in [-0.2, 0) is 4.79 Å². The van der Waals surface area contributed by atoms with Gasteiger partial charge >= 0.3 is 0 Å². The Labute approximate surface area is 138 Å². The van der Waals surface area contributed by atoms with Crippen molar-refractivity contribution in [1.82, 2.24) is 4.90 Å². The smallest absolute Gasteiger partial charge is 0.237 e. The van der Waals surface area contributed by atoms with Gasteiger partial charge in [0.2, 0.25) is 5.91 Å². The minimum Gasteiger partial charge on any atom is -0.335 e. The molecule has 1 aliphatic rings. The van der Waals surface area contributed by atoms with Crippen LogP contribution in [0, 0.1) is 5.92 Å². The summed E-state index contributed by atoms with van der Waals surface area (Å²) in [5.41, 5.74) is 1.06. The van der Waals surface area contributed by atoms with Crippen LogP contribution in [-0.4, -0.2) is 22.2 Å². The number of nitrogens with zero attached hydrogens (tertiary/aromatic N) is 1. The molecular formula is C15H18BrCl2NO. The average molecular weight is 379 g/mol. The molecule has 0 N–H and O–H groups in total. The Bertz CT molecular complexity index is 507. The fourth-order valence-corrected chi connectivity index (χ4v) is 3.11. The number of carbonyl (C=O) groups excluding carboxylic acids is 1. The molecule has 0 aliphatic carbocycles. The largest absolute Gasteiger partial charge is 0.335 e. The van der Waals surface area contributed by atoms with Crippen molar-refractivity contribution in [3.8, 4) is 0 Å². The number of carbonyl (C=O) groups is 1. The summed E-state index contributed by atoms with van der Waals surface area (Å²) in [5, 5.41) is 1.09. The average Bonchev–Trinajstić information content (AvgIpc) is 2.89. The van der Waals surface area contributed by atoms with Gasteiger partial charge in [-0.1, -0.05) is 59.0 Å². The summed E-state index contributed by atoms with van der Waals surface area (Å²) in [6, 6.07) is 5.74. The van der Waals surface area contributed by atoms with Crippen LogP contribution in [0.4, 0.5) is 0 Å². The highest BCUT2D eigenvalue weighted by atomic mass is 79.9. The fraction of sp³-hybridized carbons (Fsp3) is 0.533. The van der Waals surface area contributed by atoms with Crippen LogP contribution < -0.4 is 0 Å². The van der Waals surface area contributed by atoms with Crippen LogP contribution in [0.2, 0.25) is 10.0 Å². The molecule has 1 saturated heterocycles. The van der Waals surface area contributed by atoms with Gasteiger partial charge in [-0.25, -0.2) is 0 Å². The maximum Gasteiger partial charge on any atom is 0.237 e. The van der Waals surface area contributed by atoms with Gasteiger partial charge in [0.15, 0.2) is 0 Å². The Hall–Kier alpha value is -0.250. The van der Waals surface area contributed by atoms with Crippen molar-refractivity contribution < 1.29 is 4.79 Å². The maximum atomic E-state index is 12.5. The van der Waals surface area contributed by atoms with Gasteiger partial charge in [0.1, 0.15) is 0 Å². The van der Waals surface area contributed by atoms with Crippen LogP contribution in [0.15, 0.2) is 18.2 Å². The molecule has 0 saturated carbocycles. The molecule has 110 valence electrons. The highest BCUT2D eigenvalue weighted by Gasteiger charge is 2.34. The molecule has 1 aromatic rings. The second-order valence-electron chi connectivity index (χ2n) is 5.51. The number of alkyl halides is 1. The molecule has 0 radical (unpaired) electrons. The van der Waals surface area contributed by atoms with Crippen molar-refractivity contribution in [2.75, 3.05) is 6.54 Å². The summed E-state index contributed by atoms with van der Waals surface area (Å²) < 4.78 is 0. The summed E-state index contributed by atoms with van der Waals surface area (Å²) in [6.07, 6.45) is 2.00. The van der Waals surface area contributed by atoms with Crippen molar-refractivity contribution in [3.05, 3.63) is 33.8 Å². The van der Waals surface area contributed by atoms with Gasteiger partial charge in [-0.3, -0.25) is 4.79 Å². The number of benzene rings is 1. The zero-order valence-corrected chi connectivity index (χ0v) is 14.7. The minimum atomic E-state index is -0.133. The molecule has 1 heterocycles. The number of hydrogen-bond donors (Lipinski definition) is 0. The van der Waals surface area contributed by atoms with E-state index in [2.05, 4.69) is 15.9 Å². The van der Waals surface area contributed by atoms with Gasteiger partial charge < -0.3 is 4.90 Å². The molecule has 5 heteroatoms. The number of amides is 1. The Balaban J connectivity index is 2.22. The van der Waals surface area contributed by atoms with Crippen molar-refractivity contribution in [2.24, 2.45) is 5.92 Å². The SMILES string of the molecule is CC(C)C(Br)C(=O)N1CCCC1c1ccc(Cl)c(Cl)c1. The predicted octanol–water partition coefficient (Wildman–Crippen LogP) is 5.08. The van der Waals surface area contributed by atoms with E-state index in [1.165, 1.54) is 0 Å². The quantitative estimate of drug-likeness (QED) is 0.671. The third-order valence-electron chi connectivity index (χ3n) is 3.69. The first-order valence-corrected chi connectivity index (χ1v) is 8.48. The lowest BCUT2D eigenvalue weighted by molar-refractivity contribution is -0.132. The number of rotatable bonds is 3. The van der Waals surface area contributed by atoms with E-state index in [1.54, 1.807) is 6.07 Å². The molecule has 0 bridgehead atoms. The van der Waals surface area contributed by atoms with E-state index in [-0.39, 0.29) is 22.7 Å². The molecule has 1 aromatic carbocycles. The summed E-state index contributed by atoms with van der Waals surface area (Å²) >= 11 is 15.6. The molecule has 2 nitrogen and oxygen atoms in total. The maximum absolute atomic E-state index is 12.5. The molecule has 1 fully saturated rings. The van der Waals surface area contributed by atoms with Crippen molar-refractivity contribution >= 4 is 45.0 Å². The molecule has 2 unspecified atom stereocenters. The van der Waals surface area contributed by atoms with Crippen LogP contribution in [0.25, 0.3) is 0 Å². The summed E-state index contributed by atoms with van der Waals surface area (Å²) in [4.78, 5) is 14.4. The minimum absolute atomic E-state index is 0.107. The van der Waals surface area contributed by atoms with Crippen LogP contribution in [0.1, 0.15) is 38.3 Å². The van der Waals surface area contributed by atoms with Crippen molar-refractivity contribution in [3.63, 3.8) is 0 Å². The Morgan fingerprint density at radius 2 is 2.05 bits per heavy atom. The molecule has 0 aromatic heterocycles. The third-order valence-corrected chi connectivity index (χ3v) is 5.87. The van der Waals surface area contributed by atoms with Crippen LogP contribution in [0.5, 0.6) is 0 Å². The first-order chi connectivity index (χ1) is 9.41. The zero-order valence-electron chi connectivity index (χ0n) is 11.6.